The molecule has 1 unspecified atom stereocenters. The van der Waals surface area contributed by atoms with Crippen LogP contribution in [-0.4, -0.2) is 55.8 Å². The Kier molecular flexibility index (Phi) is 11.5. The number of thiophene rings is 1. The number of benzene rings is 2. The van der Waals surface area contributed by atoms with Crippen molar-refractivity contribution < 1.29 is 28.1 Å². The zero-order valence-electron chi connectivity index (χ0n) is 26.8. The predicted octanol–water partition coefficient (Wildman–Crippen LogP) is 7.58. The first-order chi connectivity index (χ1) is 23.3. The van der Waals surface area contributed by atoms with E-state index in [1.165, 1.54) is 12.1 Å². The van der Waals surface area contributed by atoms with Gasteiger partial charge in [-0.25, -0.2) is 9.18 Å². The van der Waals surface area contributed by atoms with Crippen molar-refractivity contribution in [3.8, 4) is 11.5 Å². The molecule has 0 aliphatic carbocycles. The Labute approximate surface area is 294 Å². The van der Waals surface area contributed by atoms with Gasteiger partial charge in [0, 0.05) is 41.7 Å². The average Bonchev–Trinajstić information content (AvgIpc) is 3.56. The second-order valence-electron chi connectivity index (χ2n) is 12.1. The molecule has 4 aromatic rings. The van der Waals surface area contributed by atoms with Crippen LogP contribution in [0.4, 0.5) is 4.39 Å². The fourth-order valence-corrected chi connectivity index (χ4v) is 7.82. The fraction of sp³-hybridized carbons (Fsp3) is 0.389. The lowest BCUT2D eigenvalue weighted by Gasteiger charge is -2.44. The Morgan fingerprint density at radius 2 is 1.75 bits per heavy atom. The molecule has 48 heavy (non-hydrogen) atoms. The van der Waals surface area contributed by atoms with Gasteiger partial charge in [0.2, 0.25) is 0 Å². The first kappa shape index (κ1) is 34.6. The normalized spacial score (nSPS) is 19.9. The summed E-state index contributed by atoms with van der Waals surface area (Å²) in [6.45, 7) is 3.57. The predicted molar refractivity (Wildman–Crippen MR) is 184 cm³/mol. The Morgan fingerprint density at radius 3 is 2.44 bits per heavy atom. The van der Waals surface area contributed by atoms with Crippen molar-refractivity contribution in [3.63, 3.8) is 0 Å². The van der Waals surface area contributed by atoms with Crippen molar-refractivity contribution >= 4 is 40.5 Å². The zero-order chi connectivity index (χ0) is 33.6. The highest BCUT2D eigenvalue weighted by Gasteiger charge is 2.38. The van der Waals surface area contributed by atoms with Crippen LogP contribution >= 0.6 is 34.5 Å². The maximum absolute atomic E-state index is 14.2. The molecule has 0 radical (unpaired) electrons. The smallest absolute Gasteiger partial charge is 0.328 e. The minimum Gasteiger partial charge on any atom is -0.493 e. The maximum Gasteiger partial charge on any atom is 0.328 e. The number of rotatable bonds is 14. The van der Waals surface area contributed by atoms with Crippen LogP contribution in [0.2, 0.25) is 10.0 Å². The van der Waals surface area contributed by atoms with Crippen LogP contribution in [0, 0.1) is 11.7 Å². The van der Waals surface area contributed by atoms with Gasteiger partial charge in [-0.2, -0.15) is 0 Å². The van der Waals surface area contributed by atoms with Crippen molar-refractivity contribution in [2.45, 2.75) is 50.7 Å². The van der Waals surface area contributed by atoms with Gasteiger partial charge in [0.15, 0.2) is 11.5 Å². The molecular weight excluding hydrogens is 676 g/mol. The van der Waals surface area contributed by atoms with Crippen LogP contribution in [0.5, 0.6) is 11.5 Å². The molecule has 2 bridgehead atoms. The highest BCUT2D eigenvalue weighted by atomic mass is 35.5. The number of aromatic nitrogens is 1. The van der Waals surface area contributed by atoms with E-state index >= 15 is 0 Å². The molecule has 0 saturated carbocycles. The van der Waals surface area contributed by atoms with E-state index in [2.05, 4.69) is 15.2 Å². The monoisotopic (exact) mass is 713 g/mol. The summed E-state index contributed by atoms with van der Waals surface area (Å²) in [4.78, 5) is 21.9. The van der Waals surface area contributed by atoms with Gasteiger partial charge in [-0.1, -0.05) is 41.4 Å². The summed E-state index contributed by atoms with van der Waals surface area (Å²) < 4.78 is 37.8. The number of hydrogen-bond acceptors (Lipinski definition) is 9. The van der Waals surface area contributed by atoms with Crippen molar-refractivity contribution in [2.24, 2.45) is 5.92 Å². The number of ether oxygens (including phenoxy) is 4. The highest BCUT2D eigenvalue weighted by Crippen LogP contribution is 2.36. The molecule has 1 N–H and O–H groups in total. The summed E-state index contributed by atoms with van der Waals surface area (Å²) in [6, 6.07) is 15.0. The van der Waals surface area contributed by atoms with Gasteiger partial charge in [0.05, 0.1) is 37.0 Å². The standard InChI is InChI=1S/C36H38Cl2FN3O5S/c1-44-31-9-6-23(15-33(31)45-2)32(16-28-29(37)18-40-19-30(28)38)46-21-27-8-7-26(48-27)17-41-35(24-4-3-5-25(39)14-24)36(43)47-34-20-42-12-10-22(34)11-13-42/h3-9,14-15,18-19,22,32,34-35,41H,10-13,16-17,20-21H2,1-2H3/t32-,34-,35?/m0/s1. The van der Waals surface area contributed by atoms with Gasteiger partial charge < -0.3 is 18.9 Å². The van der Waals surface area contributed by atoms with Gasteiger partial charge in [-0.05, 0) is 84.9 Å². The number of nitrogens with one attached hydrogen (secondary N) is 1. The minimum atomic E-state index is -0.803. The van der Waals surface area contributed by atoms with Crippen LogP contribution in [0.25, 0.3) is 0 Å². The third kappa shape index (κ3) is 8.30. The second-order valence-corrected chi connectivity index (χ2v) is 14.1. The van der Waals surface area contributed by atoms with Crippen molar-refractivity contribution in [3.05, 3.63) is 109 Å². The fourth-order valence-electron chi connectivity index (χ4n) is 6.41. The number of pyridine rings is 1. The van der Waals surface area contributed by atoms with Gasteiger partial charge in [0.25, 0.3) is 0 Å². The van der Waals surface area contributed by atoms with Crippen LogP contribution in [0.15, 0.2) is 67.0 Å². The zero-order valence-corrected chi connectivity index (χ0v) is 29.1. The lowest BCUT2D eigenvalue weighted by Crippen LogP contribution is -2.52. The van der Waals surface area contributed by atoms with Crippen LogP contribution in [0.3, 0.4) is 0 Å². The Morgan fingerprint density at radius 1 is 1.00 bits per heavy atom. The topological polar surface area (TPSA) is 82.2 Å². The van der Waals surface area contributed by atoms with E-state index in [0.29, 0.717) is 52.6 Å². The van der Waals surface area contributed by atoms with Gasteiger partial charge in [-0.3, -0.25) is 15.2 Å². The Balaban J connectivity index is 1.15. The molecule has 7 rings (SSSR count). The van der Waals surface area contributed by atoms with Crippen molar-refractivity contribution in [1.82, 2.24) is 15.2 Å². The third-order valence-electron chi connectivity index (χ3n) is 9.03. The number of hydrogen-bond donors (Lipinski definition) is 1. The lowest BCUT2D eigenvalue weighted by molar-refractivity contribution is -0.161. The molecule has 0 amide bonds. The highest BCUT2D eigenvalue weighted by molar-refractivity contribution is 7.11. The van der Waals surface area contributed by atoms with E-state index in [4.69, 9.17) is 42.1 Å². The van der Waals surface area contributed by atoms with Crippen LogP contribution in [-0.2, 0) is 33.8 Å². The van der Waals surface area contributed by atoms with E-state index in [0.717, 1.165) is 53.4 Å². The summed E-state index contributed by atoms with van der Waals surface area (Å²) >= 11 is 14.5. The number of fused-ring (bicyclic) bond motifs is 3. The molecule has 12 heteroatoms. The van der Waals surface area contributed by atoms with E-state index in [-0.39, 0.29) is 12.1 Å². The molecule has 0 spiro atoms. The number of halogens is 3. The summed E-state index contributed by atoms with van der Waals surface area (Å²) in [5.41, 5.74) is 2.14. The molecule has 2 aromatic carbocycles. The van der Waals surface area contributed by atoms with E-state index < -0.39 is 18.0 Å². The number of nitrogens with zero attached hydrogens (tertiary/aromatic N) is 2. The first-order valence-corrected chi connectivity index (χ1v) is 17.5. The number of carbonyl (C=O) groups excluding carboxylic acids is 1. The molecule has 3 atom stereocenters. The Bertz CT molecular complexity index is 1700. The average molecular weight is 715 g/mol. The number of carbonyl (C=O) groups is 1. The quantitative estimate of drug-likeness (QED) is 0.134. The first-order valence-electron chi connectivity index (χ1n) is 15.9. The molecule has 2 aromatic heterocycles. The number of methoxy groups -OCH3 is 2. The second kappa shape index (κ2) is 16.0. The SMILES string of the molecule is COc1ccc([C@H](Cc2c(Cl)cncc2Cl)OCc2ccc(CNC(C(=O)O[C@H]3CN4CCC3CC4)c3cccc(F)c3)s2)cc1OC. The maximum atomic E-state index is 14.2. The van der Waals surface area contributed by atoms with Crippen molar-refractivity contribution in [1.29, 1.82) is 0 Å². The number of esters is 1. The Hall–Kier alpha value is -3.25. The number of piperidine rings is 3. The molecule has 3 saturated heterocycles. The lowest BCUT2D eigenvalue weighted by atomic mass is 9.86. The van der Waals surface area contributed by atoms with Gasteiger partial charge in [-0.15, -0.1) is 11.3 Å². The molecule has 3 aliphatic heterocycles. The molecule has 3 aliphatic rings. The minimum absolute atomic E-state index is 0.140. The van der Waals surface area contributed by atoms with Crippen molar-refractivity contribution in [2.75, 3.05) is 33.9 Å². The summed E-state index contributed by atoms with van der Waals surface area (Å²) in [6.07, 6.45) is 5.06. The molecule has 5 heterocycles. The van der Waals surface area contributed by atoms with Gasteiger partial charge >= 0.3 is 5.97 Å². The van der Waals surface area contributed by atoms with E-state index in [9.17, 15) is 9.18 Å². The molecule has 8 nitrogen and oxygen atoms in total. The summed E-state index contributed by atoms with van der Waals surface area (Å²) in [5, 5.41) is 4.26. The van der Waals surface area contributed by atoms with Crippen LogP contribution < -0.4 is 14.8 Å². The van der Waals surface area contributed by atoms with E-state index in [1.54, 1.807) is 50.1 Å². The summed E-state index contributed by atoms with van der Waals surface area (Å²) in [7, 11) is 3.18. The largest absolute Gasteiger partial charge is 0.493 e. The third-order valence-corrected chi connectivity index (χ3v) is 10.7. The molecular formula is C36H38Cl2FN3O5S. The van der Waals surface area contributed by atoms with Gasteiger partial charge in [0.1, 0.15) is 18.0 Å². The molecule has 3 fully saturated rings. The molecule has 254 valence electrons. The van der Waals surface area contributed by atoms with E-state index in [1.807, 2.05) is 30.3 Å². The summed E-state index contributed by atoms with van der Waals surface area (Å²) in [5.74, 6) is 0.786. The van der Waals surface area contributed by atoms with Crippen LogP contribution in [0.1, 0.15) is 51.4 Å².